The van der Waals surface area contributed by atoms with Crippen LogP contribution in [0.2, 0.25) is 0 Å². The average molecular weight is 621 g/mol. The Morgan fingerprint density at radius 1 is 0.630 bits per heavy atom. The van der Waals surface area contributed by atoms with Gasteiger partial charge in [0.05, 0.1) is 7.11 Å². The van der Waals surface area contributed by atoms with Gasteiger partial charge < -0.3 is 26.0 Å². The van der Waals surface area contributed by atoms with E-state index in [9.17, 15) is 19.2 Å². The van der Waals surface area contributed by atoms with Crippen LogP contribution in [0.1, 0.15) is 68.7 Å². The molecular weight excluding hydrogens is 580 g/mol. The highest BCUT2D eigenvalue weighted by Gasteiger charge is 2.28. The second-order valence-corrected chi connectivity index (χ2v) is 11.8. The van der Waals surface area contributed by atoms with Crippen molar-refractivity contribution in [2.75, 3.05) is 33.3 Å². The molecule has 5 rings (SSSR count). The van der Waals surface area contributed by atoms with E-state index in [1.807, 2.05) is 91.0 Å². The van der Waals surface area contributed by atoms with Crippen LogP contribution in [0, 0.1) is 11.8 Å². The predicted octanol–water partition coefficient (Wildman–Crippen LogP) is 4.71. The van der Waals surface area contributed by atoms with Crippen molar-refractivity contribution in [3.8, 4) is 5.75 Å². The molecule has 0 aromatic heterocycles. The van der Waals surface area contributed by atoms with Crippen molar-refractivity contribution in [2.45, 2.75) is 25.7 Å². The Kier molecular flexibility index (Phi) is 10.3. The first-order valence-electron chi connectivity index (χ1n) is 15.6. The standard InChI is InChI=1S/C37H40N4O5/c1-46-33-24-25(10-12-26-6-2-4-8-31(26)36(44)40-20-16-29(17-21-40)34(38)42)11-13-28(33)15-14-27-7-3-5-9-32(27)37(45)41-22-18-30(19-23-41)35(39)43/h2-15,24,29-30H,16-23H2,1H3,(H2,38,42)(H2,39,43)/b12-10+,15-14+. The van der Waals surface area contributed by atoms with Gasteiger partial charge in [0.25, 0.3) is 11.8 Å². The zero-order valence-corrected chi connectivity index (χ0v) is 26.1. The molecule has 0 spiro atoms. The van der Waals surface area contributed by atoms with Gasteiger partial charge in [0, 0.05) is 54.7 Å². The van der Waals surface area contributed by atoms with Gasteiger partial charge in [-0.1, -0.05) is 72.8 Å². The van der Waals surface area contributed by atoms with Crippen LogP contribution in [0.15, 0.2) is 66.7 Å². The van der Waals surface area contributed by atoms with Gasteiger partial charge in [-0.2, -0.15) is 0 Å². The molecule has 2 fully saturated rings. The third-order valence-electron chi connectivity index (χ3n) is 8.91. The molecular formula is C37H40N4O5. The summed E-state index contributed by atoms with van der Waals surface area (Å²) in [4.78, 5) is 53.3. The molecule has 0 atom stereocenters. The summed E-state index contributed by atoms with van der Waals surface area (Å²) in [5.41, 5.74) is 15.4. The van der Waals surface area contributed by atoms with Crippen molar-refractivity contribution >= 4 is 47.9 Å². The van der Waals surface area contributed by atoms with E-state index in [-0.39, 0.29) is 35.5 Å². The number of amides is 4. The number of primary amides is 2. The quantitative estimate of drug-likeness (QED) is 0.334. The summed E-state index contributed by atoms with van der Waals surface area (Å²) in [5.74, 6) is -0.428. The van der Waals surface area contributed by atoms with Crippen LogP contribution in [0.5, 0.6) is 5.75 Å². The Balaban J connectivity index is 1.29. The summed E-state index contributed by atoms with van der Waals surface area (Å²) in [6.45, 7) is 2.01. The molecule has 0 bridgehead atoms. The minimum atomic E-state index is -0.305. The fraction of sp³-hybridized carbons (Fsp3) is 0.297. The van der Waals surface area contributed by atoms with Crippen LogP contribution < -0.4 is 16.2 Å². The summed E-state index contributed by atoms with van der Waals surface area (Å²) in [6.07, 6.45) is 10.0. The number of nitrogens with zero attached hydrogens (tertiary/aromatic N) is 2. The van der Waals surface area contributed by atoms with Gasteiger partial charge >= 0.3 is 0 Å². The van der Waals surface area contributed by atoms with Gasteiger partial charge in [0.1, 0.15) is 5.75 Å². The monoisotopic (exact) mass is 620 g/mol. The molecule has 2 heterocycles. The van der Waals surface area contributed by atoms with Crippen molar-refractivity contribution in [3.63, 3.8) is 0 Å². The first-order chi connectivity index (χ1) is 22.2. The van der Waals surface area contributed by atoms with E-state index in [1.165, 1.54) is 0 Å². The number of piperidine rings is 2. The van der Waals surface area contributed by atoms with Crippen LogP contribution in [0.4, 0.5) is 0 Å². The lowest BCUT2D eigenvalue weighted by Gasteiger charge is -2.31. The number of carbonyl (C=O) groups is 4. The lowest BCUT2D eigenvalue weighted by atomic mass is 9.95. The molecule has 0 saturated carbocycles. The first-order valence-corrected chi connectivity index (χ1v) is 15.6. The molecule has 2 aliphatic rings. The molecule has 3 aromatic carbocycles. The van der Waals surface area contributed by atoms with E-state index in [2.05, 4.69) is 0 Å². The molecule has 0 unspecified atom stereocenters. The van der Waals surface area contributed by atoms with Crippen LogP contribution >= 0.6 is 0 Å². The van der Waals surface area contributed by atoms with Gasteiger partial charge in [-0.3, -0.25) is 19.2 Å². The Morgan fingerprint density at radius 3 is 1.52 bits per heavy atom. The maximum absolute atomic E-state index is 13.4. The number of nitrogens with two attached hydrogens (primary N) is 2. The summed E-state index contributed by atoms with van der Waals surface area (Å²) in [5, 5.41) is 0. The Morgan fingerprint density at radius 2 is 1.07 bits per heavy atom. The van der Waals surface area contributed by atoms with Crippen molar-refractivity contribution in [1.29, 1.82) is 0 Å². The highest BCUT2D eigenvalue weighted by molar-refractivity contribution is 6.00. The van der Waals surface area contributed by atoms with E-state index < -0.39 is 0 Å². The van der Waals surface area contributed by atoms with Gasteiger partial charge in [0.15, 0.2) is 0 Å². The van der Waals surface area contributed by atoms with E-state index in [1.54, 1.807) is 16.9 Å². The minimum absolute atomic E-state index is 0.0601. The molecule has 0 aliphatic carbocycles. The maximum Gasteiger partial charge on any atom is 0.254 e. The van der Waals surface area contributed by atoms with Gasteiger partial charge in [-0.25, -0.2) is 0 Å². The van der Waals surface area contributed by atoms with Crippen molar-refractivity contribution in [2.24, 2.45) is 23.3 Å². The fourth-order valence-electron chi connectivity index (χ4n) is 6.08. The first kappa shape index (κ1) is 32.2. The highest BCUT2D eigenvalue weighted by Crippen LogP contribution is 2.27. The van der Waals surface area contributed by atoms with E-state index >= 15 is 0 Å². The molecule has 0 radical (unpaired) electrons. The van der Waals surface area contributed by atoms with E-state index in [0.717, 1.165) is 22.3 Å². The number of ether oxygens (including phenoxy) is 1. The summed E-state index contributed by atoms with van der Waals surface area (Å²) >= 11 is 0. The number of hydrogen-bond donors (Lipinski definition) is 2. The summed E-state index contributed by atoms with van der Waals surface area (Å²) < 4.78 is 5.70. The van der Waals surface area contributed by atoms with Gasteiger partial charge in [-0.05, 0) is 60.6 Å². The third kappa shape index (κ3) is 7.54. The Hall–Kier alpha value is -5.18. The molecule has 2 aliphatic heterocycles. The smallest absolute Gasteiger partial charge is 0.254 e. The van der Waals surface area contributed by atoms with Crippen molar-refractivity contribution < 1.29 is 23.9 Å². The summed E-state index contributed by atoms with van der Waals surface area (Å²) in [7, 11) is 1.61. The fourth-order valence-corrected chi connectivity index (χ4v) is 6.08. The van der Waals surface area contributed by atoms with Crippen molar-refractivity contribution in [3.05, 3.63) is 100 Å². The molecule has 238 valence electrons. The zero-order valence-electron chi connectivity index (χ0n) is 26.1. The molecule has 2 saturated heterocycles. The Labute approximate surface area is 269 Å². The average Bonchev–Trinajstić information content (AvgIpc) is 3.09. The second kappa shape index (κ2) is 14.7. The number of benzene rings is 3. The molecule has 9 heteroatoms. The third-order valence-corrected chi connectivity index (χ3v) is 8.91. The van der Waals surface area contributed by atoms with Crippen LogP contribution in [-0.2, 0) is 9.59 Å². The van der Waals surface area contributed by atoms with Gasteiger partial charge in [-0.15, -0.1) is 0 Å². The molecule has 4 N–H and O–H groups in total. The SMILES string of the molecule is COc1cc(/C=C/c2ccccc2C(=O)N2CCC(C(N)=O)CC2)ccc1/C=C/c1ccccc1C(=O)N1CCC(C(N)=O)CC1. The molecule has 9 nitrogen and oxygen atoms in total. The lowest BCUT2D eigenvalue weighted by Crippen LogP contribution is -2.41. The zero-order chi connectivity index (χ0) is 32.6. The number of hydrogen-bond acceptors (Lipinski definition) is 5. The minimum Gasteiger partial charge on any atom is -0.496 e. The normalized spacial score (nSPS) is 16.2. The molecule has 3 aromatic rings. The maximum atomic E-state index is 13.4. The van der Waals surface area contributed by atoms with Crippen LogP contribution in [0.3, 0.4) is 0 Å². The lowest BCUT2D eigenvalue weighted by molar-refractivity contribution is -0.123. The molecule has 4 amide bonds. The van der Waals surface area contributed by atoms with E-state index in [4.69, 9.17) is 16.2 Å². The van der Waals surface area contributed by atoms with E-state index in [0.29, 0.717) is 68.7 Å². The van der Waals surface area contributed by atoms with Crippen LogP contribution in [0.25, 0.3) is 24.3 Å². The predicted molar refractivity (Wildman–Crippen MR) is 179 cm³/mol. The van der Waals surface area contributed by atoms with Gasteiger partial charge in [0.2, 0.25) is 11.8 Å². The number of likely N-dealkylation sites (tertiary alicyclic amines) is 2. The molecule has 46 heavy (non-hydrogen) atoms. The second-order valence-electron chi connectivity index (χ2n) is 11.8. The number of methoxy groups -OCH3 is 1. The highest BCUT2D eigenvalue weighted by atomic mass is 16.5. The number of carbonyl (C=O) groups excluding carboxylic acids is 4. The Bertz CT molecular complexity index is 1660. The van der Waals surface area contributed by atoms with Crippen molar-refractivity contribution in [1.82, 2.24) is 9.80 Å². The largest absolute Gasteiger partial charge is 0.496 e. The topological polar surface area (TPSA) is 136 Å². The number of rotatable bonds is 9. The summed E-state index contributed by atoms with van der Waals surface area (Å²) in [6, 6.07) is 20.8. The van der Waals surface area contributed by atoms with Crippen LogP contribution in [-0.4, -0.2) is 66.7 Å².